The fraction of sp³-hybridized carbons (Fsp3) is 0.364. The summed E-state index contributed by atoms with van der Waals surface area (Å²) in [7, 11) is 0. The van der Waals surface area contributed by atoms with Gasteiger partial charge >= 0.3 is 5.97 Å². The van der Waals surface area contributed by atoms with Gasteiger partial charge in [0.25, 0.3) is 5.91 Å². The normalized spacial score (nSPS) is 14.5. The molecule has 0 aliphatic heterocycles. The number of halogens is 1. The summed E-state index contributed by atoms with van der Waals surface area (Å²) in [6.45, 7) is 0.945. The van der Waals surface area contributed by atoms with Crippen LogP contribution in [-0.2, 0) is 6.54 Å². The van der Waals surface area contributed by atoms with Crippen molar-refractivity contribution >= 4 is 23.5 Å². The standard InChI is InChI=1S/C22H24ClNO4/c23-20-11-10-18(28-14-16-4-2-1-3-5-16)12-19(20)21(25)24-13-15-6-8-17(9-7-15)22(26)27/h6-12,16H,1-5,13-14H2,(H,24,25)(H,26,27). The summed E-state index contributed by atoms with van der Waals surface area (Å²) in [5.41, 5.74) is 1.38. The monoisotopic (exact) mass is 401 g/mol. The van der Waals surface area contributed by atoms with Gasteiger partial charge in [0.2, 0.25) is 0 Å². The third-order valence-corrected chi connectivity index (χ3v) is 5.38. The lowest BCUT2D eigenvalue weighted by atomic mass is 9.90. The predicted octanol–water partition coefficient (Wildman–Crippen LogP) is 4.93. The van der Waals surface area contributed by atoms with Gasteiger partial charge in [-0.1, -0.05) is 43.0 Å². The summed E-state index contributed by atoms with van der Waals surface area (Å²) in [6, 6.07) is 11.5. The molecule has 0 heterocycles. The minimum atomic E-state index is -0.979. The zero-order valence-corrected chi connectivity index (χ0v) is 16.4. The maximum absolute atomic E-state index is 12.5. The Hall–Kier alpha value is -2.53. The summed E-state index contributed by atoms with van der Waals surface area (Å²) >= 11 is 6.20. The molecule has 0 bridgehead atoms. The molecule has 28 heavy (non-hydrogen) atoms. The van der Waals surface area contributed by atoms with Crippen LogP contribution in [0.3, 0.4) is 0 Å². The fourth-order valence-corrected chi connectivity index (χ4v) is 3.58. The maximum Gasteiger partial charge on any atom is 0.335 e. The van der Waals surface area contributed by atoms with Gasteiger partial charge in [0.05, 0.1) is 22.8 Å². The van der Waals surface area contributed by atoms with E-state index in [0.717, 1.165) is 5.56 Å². The minimum absolute atomic E-state index is 0.209. The second-order valence-electron chi connectivity index (χ2n) is 7.14. The zero-order valence-electron chi connectivity index (χ0n) is 15.6. The second-order valence-corrected chi connectivity index (χ2v) is 7.55. The van der Waals surface area contributed by atoms with E-state index in [-0.39, 0.29) is 18.0 Å². The number of carbonyl (C=O) groups is 2. The molecule has 2 aromatic carbocycles. The first kappa shape index (κ1) is 20.2. The van der Waals surface area contributed by atoms with Crippen molar-refractivity contribution in [2.45, 2.75) is 38.6 Å². The fourth-order valence-electron chi connectivity index (χ4n) is 3.38. The molecule has 1 aliphatic rings. The smallest absolute Gasteiger partial charge is 0.335 e. The number of amides is 1. The van der Waals surface area contributed by atoms with Gasteiger partial charge in [0, 0.05) is 6.54 Å². The predicted molar refractivity (Wildman–Crippen MR) is 108 cm³/mol. The highest BCUT2D eigenvalue weighted by Gasteiger charge is 2.16. The number of aromatic carboxylic acids is 1. The quantitative estimate of drug-likeness (QED) is 0.689. The van der Waals surface area contributed by atoms with Crippen LogP contribution in [0.25, 0.3) is 0 Å². The molecule has 0 spiro atoms. The molecule has 0 saturated heterocycles. The van der Waals surface area contributed by atoms with E-state index in [1.807, 2.05) is 0 Å². The number of benzene rings is 2. The van der Waals surface area contributed by atoms with Crippen molar-refractivity contribution in [3.63, 3.8) is 0 Å². The Morgan fingerprint density at radius 3 is 2.46 bits per heavy atom. The Morgan fingerprint density at radius 1 is 1.07 bits per heavy atom. The van der Waals surface area contributed by atoms with Gasteiger partial charge in [-0.05, 0) is 54.7 Å². The molecule has 1 aliphatic carbocycles. The van der Waals surface area contributed by atoms with Crippen LogP contribution in [-0.4, -0.2) is 23.6 Å². The van der Waals surface area contributed by atoms with E-state index in [2.05, 4.69) is 5.32 Å². The van der Waals surface area contributed by atoms with Crippen molar-refractivity contribution in [3.05, 3.63) is 64.2 Å². The summed E-state index contributed by atoms with van der Waals surface area (Å²) in [6.07, 6.45) is 6.22. The van der Waals surface area contributed by atoms with Crippen LogP contribution in [0.4, 0.5) is 0 Å². The molecule has 2 N–H and O–H groups in total. The van der Waals surface area contributed by atoms with Crippen LogP contribution in [0.1, 0.15) is 58.4 Å². The molecule has 1 amide bonds. The number of carbonyl (C=O) groups excluding carboxylic acids is 1. The van der Waals surface area contributed by atoms with Crippen molar-refractivity contribution in [2.75, 3.05) is 6.61 Å². The van der Waals surface area contributed by atoms with Crippen molar-refractivity contribution in [1.29, 1.82) is 0 Å². The van der Waals surface area contributed by atoms with Crippen molar-refractivity contribution in [3.8, 4) is 5.75 Å². The number of hydrogen-bond acceptors (Lipinski definition) is 3. The van der Waals surface area contributed by atoms with Crippen LogP contribution < -0.4 is 10.1 Å². The van der Waals surface area contributed by atoms with Gasteiger partial charge in [-0.3, -0.25) is 4.79 Å². The van der Waals surface area contributed by atoms with E-state index in [9.17, 15) is 9.59 Å². The van der Waals surface area contributed by atoms with Crippen LogP contribution in [0, 0.1) is 5.92 Å². The van der Waals surface area contributed by atoms with Crippen LogP contribution in [0.15, 0.2) is 42.5 Å². The molecule has 6 heteroatoms. The van der Waals surface area contributed by atoms with Crippen LogP contribution >= 0.6 is 11.6 Å². The molecule has 5 nitrogen and oxygen atoms in total. The molecular weight excluding hydrogens is 378 g/mol. The van der Waals surface area contributed by atoms with E-state index in [1.54, 1.807) is 30.3 Å². The number of carboxylic acids is 1. The van der Waals surface area contributed by atoms with Gasteiger partial charge < -0.3 is 15.2 Å². The average molecular weight is 402 g/mol. The first-order chi connectivity index (χ1) is 13.5. The third kappa shape index (κ3) is 5.49. The Bertz CT molecular complexity index is 829. The molecule has 1 fully saturated rings. The molecule has 0 unspecified atom stereocenters. The number of hydrogen-bond donors (Lipinski definition) is 2. The largest absolute Gasteiger partial charge is 0.493 e. The molecule has 148 valence electrons. The lowest BCUT2D eigenvalue weighted by molar-refractivity contribution is 0.0696. The molecule has 0 atom stereocenters. The first-order valence-corrected chi connectivity index (χ1v) is 9.93. The second kappa shape index (κ2) is 9.60. The number of ether oxygens (including phenoxy) is 1. The zero-order chi connectivity index (χ0) is 19.9. The van der Waals surface area contributed by atoms with E-state index in [0.29, 0.717) is 28.9 Å². The Morgan fingerprint density at radius 2 is 1.79 bits per heavy atom. The molecule has 0 radical (unpaired) electrons. The summed E-state index contributed by atoms with van der Waals surface area (Å²) in [4.78, 5) is 23.4. The molecule has 0 aromatic heterocycles. The summed E-state index contributed by atoms with van der Waals surface area (Å²) in [5.74, 6) is -0.0516. The van der Waals surface area contributed by atoms with E-state index >= 15 is 0 Å². The van der Waals surface area contributed by atoms with E-state index < -0.39 is 5.97 Å². The minimum Gasteiger partial charge on any atom is -0.493 e. The van der Waals surface area contributed by atoms with Crippen molar-refractivity contribution < 1.29 is 19.4 Å². The van der Waals surface area contributed by atoms with Crippen molar-refractivity contribution in [1.82, 2.24) is 5.32 Å². The highest BCUT2D eigenvalue weighted by atomic mass is 35.5. The number of nitrogens with one attached hydrogen (secondary N) is 1. The number of carboxylic acid groups (broad SMARTS) is 1. The van der Waals surface area contributed by atoms with Gasteiger partial charge in [-0.15, -0.1) is 0 Å². The van der Waals surface area contributed by atoms with Gasteiger partial charge in [0.1, 0.15) is 5.75 Å². The van der Waals surface area contributed by atoms with Gasteiger partial charge in [0.15, 0.2) is 0 Å². The SMILES string of the molecule is O=C(O)c1ccc(CNC(=O)c2cc(OCC3CCCCC3)ccc2Cl)cc1. The van der Waals surface area contributed by atoms with Crippen molar-refractivity contribution in [2.24, 2.45) is 5.92 Å². The summed E-state index contributed by atoms with van der Waals surface area (Å²) in [5, 5.41) is 12.1. The molecule has 3 rings (SSSR count). The molecule has 1 saturated carbocycles. The Balaban J connectivity index is 1.58. The lowest BCUT2D eigenvalue weighted by Crippen LogP contribution is -2.23. The molecule has 2 aromatic rings. The molecular formula is C22H24ClNO4. The van der Waals surface area contributed by atoms with E-state index in [1.165, 1.54) is 44.2 Å². The van der Waals surface area contributed by atoms with Crippen LogP contribution in [0.5, 0.6) is 5.75 Å². The summed E-state index contributed by atoms with van der Waals surface area (Å²) < 4.78 is 5.90. The van der Waals surface area contributed by atoms with Crippen LogP contribution in [0.2, 0.25) is 5.02 Å². The highest BCUT2D eigenvalue weighted by Crippen LogP contribution is 2.26. The lowest BCUT2D eigenvalue weighted by Gasteiger charge is -2.21. The Kier molecular flexibility index (Phi) is 6.93. The maximum atomic E-state index is 12.5. The van der Waals surface area contributed by atoms with Gasteiger partial charge in [-0.25, -0.2) is 4.79 Å². The van der Waals surface area contributed by atoms with E-state index in [4.69, 9.17) is 21.4 Å². The average Bonchev–Trinajstić information content (AvgIpc) is 2.72. The highest BCUT2D eigenvalue weighted by molar-refractivity contribution is 6.33. The van der Waals surface area contributed by atoms with Gasteiger partial charge in [-0.2, -0.15) is 0 Å². The third-order valence-electron chi connectivity index (χ3n) is 5.05. The first-order valence-electron chi connectivity index (χ1n) is 9.55. The number of rotatable bonds is 7. The Labute approximate surface area is 169 Å². The topological polar surface area (TPSA) is 75.6 Å².